The number of methoxy groups -OCH3 is 2. The van der Waals surface area contributed by atoms with Crippen LogP contribution in [-0.4, -0.2) is 45.4 Å². The van der Waals surface area contributed by atoms with Gasteiger partial charge < -0.3 is 29.6 Å². The van der Waals surface area contributed by atoms with Gasteiger partial charge in [0.1, 0.15) is 0 Å². The summed E-state index contributed by atoms with van der Waals surface area (Å²) >= 11 is 0. The molecule has 1 aliphatic rings. The van der Waals surface area contributed by atoms with Gasteiger partial charge in [0.15, 0.2) is 18.1 Å². The van der Waals surface area contributed by atoms with Crippen molar-refractivity contribution in [1.82, 2.24) is 10.6 Å². The number of carbonyl (C=O) groups excluding carboxylic acids is 3. The van der Waals surface area contributed by atoms with Gasteiger partial charge in [-0.2, -0.15) is 0 Å². The van der Waals surface area contributed by atoms with E-state index < -0.39 is 24.0 Å². The fourth-order valence-electron chi connectivity index (χ4n) is 2.65. The summed E-state index contributed by atoms with van der Waals surface area (Å²) in [7, 11) is 2.71. The molecule has 1 aliphatic heterocycles. The number of hydrogen-bond donors (Lipinski definition) is 2. The summed E-state index contributed by atoms with van der Waals surface area (Å²) < 4.78 is 20.4. The lowest BCUT2D eigenvalue weighted by Crippen LogP contribution is -2.45. The van der Waals surface area contributed by atoms with Crippen LogP contribution < -0.4 is 20.1 Å². The summed E-state index contributed by atoms with van der Waals surface area (Å²) in [5.74, 6) is -0.395. The number of rotatable bonds is 7. The second-order valence-electron chi connectivity index (χ2n) is 5.57. The third-order valence-electron chi connectivity index (χ3n) is 3.85. The molecule has 2 N–H and O–H groups in total. The number of urea groups is 1. The van der Waals surface area contributed by atoms with Crippen LogP contribution in [-0.2, 0) is 19.1 Å². The Morgan fingerprint density at radius 3 is 2.56 bits per heavy atom. The van der Waals surface area contributed by atoms with E-state index in [9.17, 15) is 14.4 Å². The number of benzene rings is 1. The van der Waals surface area contributed by atoms with Crippen LogP contribution in [0.4, 0.5) is 4.79 Å². The second-order valence-corrected chi connectivity index (χ2v) is 5.57. The van der Waals surface area contributed by atoms with Crippen molar-refractivity contribution in [1.29, 1.82) is 0 Å². The predicted octanol–water partition coefficient (Wildman–Crippen LogP) is 1.44. The molecule has 0 fully saturated rings. The Hall–Kier alpha value is -3.23. The molecule has 1 aromatic rings. The summed E-state index contributed by atoms with van der Waals surface area (Å²) in [4.78, 5) is 35.5. The van der Waals surface area contributed by atoms with Crippen LogP contribution in [0, 0.1) is 0 Å². The second kappa shape index (κ2) is 8.93. The van der Waals surface area contributed by atoms with Crippen molar-refractivity contribution in [2.45, 2.75) is 19.9 Å². The molecule has 146 valence electrons. The van der Waals surface area contributed by atoms with Crippen molar-refractivity contribution in [3.05, 3.63) is 35.0 Å². The average Bonchev–Trinajstić information content (AvgIpc) is 2.65. The molecule has 0 unspecified atom stereocenters. The van der Waals surface area contributed by atoms with Gasteiger partial charge in [-0.25, -0.2) is 14.4 Å². The molecule has 2 amide bonds. The van der Waals surface area contributed by atoms with E-state index >= 15 is 0 Å². The third kappa shape index (κ3) is 4.69. The van der Waals surface area contributed by atoms with Crippen LogP contribution in [0.1, 0.15) is 25.5 Å². The highest BCUT2D eigenvalue weighted by atomic mass is 16.6. The summed E-state index contributed by atoms with van der Waals surface area (Å²) in [6.45, 7) is 3.32. The van der Waals surface area contributed by atoms with Gasteiger partial charge in [-0.1, -0.05) is 6.07 Å². The molecule has 0 radical (unpaired) electrons. The first kappa shape index (κ1) is 20.1. The molecular formula is C18H22N2O7. The minimum absolute atomic E-state index is 0.260. The molecule has 1 heterocycles. The highest BCUT2D eigenvalue weighted by molar-refractivity contribution is 5.95. The minimum Gasteiger partial charge on any atom is -0.493 e. The Morgan fingerprint density at radius 2 is 1.93 bits per heavy atom. The summed E-state index contributed by atoms with van der Waals surface area (Å²) in [5.41, 5.74) is 1.27. The van der Waals surface area contributed by atoms with E-state index in [1.54, 1.807) is 32.0 Å². The zero-order chi connectivity index (χ0) is 20.0. The van der Waals surface area contributed by atoms with Gasteiger partial charge in [0.2, 0.25) is 0 Å². The van der Waals surface area contributed by atoms with E-state index in [0.717, 1.165) is 0 Å². The Labute approximate surface area is 156 Å². The van der Waals surface area contributed by atoms with Gasteiger partial charge in [0.05, 0.1) is 32.4 Å². The van der Waals surface area contributed by atoms with Gasteiger partial charge in [-0.15, -0.1) is 0 Å². The quantitative estimate of drug-likeness (QED) is 0.690. The molecular weight excluding hydrogens is 356 g/mol. The van der Waals surface area contributed by atoms with E-state index in [-0.39, 0.29) is 18.8 Å². The molecule has 0 aliphatic carbocycles. The number of nitrogens with one attached hydrogen (secondary N) is 2. The Morgan fingerprint density at radius 1 is 1.19 bits per heavy atom. The molecule has 1 aromatic carbocycles. The lowest BCUT2D eigenvalue weighted by molar-refractivity contribution is -0.145. The first-order chi connectivity index (χ1) is 12.9. The van der Waals surface area contributed by atoms with Crippen LogP contribution in [0.3, 0.4) is 0 Å². The number of carbonyl (C=O) groups is 3. The Bertz CT molecular complexity index is 773. The Balaban J connectivity index is 2.32. The number of ether oxygens (including phenoxy) is 4. The maximum atomic E-state index is 12.1. The van der Waals surface area contributed by atoms with E-state index in [2.05, 4.69) is 10.6 Å². The van der Waals surface area contributed by atoms with Crippen molar-refractivity contribution >= 4 is 18.0 Å². The van der Waals surface area contributed by atoms with Crippen LogP contribution in [0.2, 0.25) is 0 Å². The van der Waals surface area contributed by atoms with Crippen molar-refractivity contribution < 1.29 is 33.3 Å². The lowest BCUT2D eigenvalue weighted by atomic mass is 9.95. The van der Waals surface area contributed by atoms with Gasteiger partial charge in [0.25, 0.3) is 0 Å². The zero-order valence-corrected chi connectivity index (χ0v) is 15.6. The topological polar surface area (TPSA) is 112 Å². The first-order valence-corrected chi connectivity index (χ1v) is 8.24. The summed E-state index contributed by atoms with van der Waals surface area (Å²) in [6, 6.07) is 3.71. The van der Waals surface area contributed by atoms with Crippen LogP contribution >= 0.6 is 0 Å². The highest BCUT2D eigenvalue weighted by Crippen LogP contribution is 2.34. The smallest absolute Gasteiger partial charge is 0.344 e. The number of hydrogen-bond acceptors (Lipinski definition) is 7. The molecule has 1 atom stereocenters. The Kier molecular flexibility index (Phi) is 6.64. The van der Waals surface area contributed by atoms with Gasteiger partial charge in [-0.05, 0) is 31.5 Å². The average molecular weight is 378 g/mol. The van der Waals surface area contributed by atoms with E-state index in [0.29, 0.717) is 22.8 Å². The van der Waals surface area contributed by atoms with E-state index in [1.165, 1.54) is 14.2 Å². The lowest BCUT2D eigenvalue weighted by Gasteiger charge is -2.28. The van der Waals surface area contributed by atoms with Crippen molar-refractivity contribution in [2.24, 2.45) is 0 Å². The molecule has 9 nitrogen and oxygen atoms in total. The van der Waals surface area contributed by atoms with Crippen LogP contribution in [0.25, 0.3) is 0 Å². The maximum absolute atomic E-state index is 12.1. The zero-order valence-electron chi connectivity index (χ0n) is 15.6. The van der Waals surface area contributed by atoms with E-state index in [1.807, 2.05) is 0 Å². The molecule has 0 spiro atoms. The van der Waals surface area contributed by atoms with Gasteiger partial charge in [0, 0.05) is 5.70 Å². The standard InChI is InChI=1S/C18H22N2O7/c1-5-26-14(21)9-27-12-7-6-11(8-13(12)24-3)16-15(17(22)25-4)10(2)19-18(23)20-16/h6-8,16H,5,9H2,1-4H3,(H2,19,20,23)/t16-/m0/s1. The fraction of sp³-hybridized carbons (Fsp3) is 0.389. The van der Waals surface area contributed by atoms with Crippen LogP contribution in [0.5, 0.6) is 11.5 Å². The van der Waals surface area contributed by atoms with Crippen LogP contribution in [0.15, 0.2) is 29.5 Å². The van der Waals surface area contributed by atoms with Crippen molar-refractivity contribution in [3.63, 3.8) is 0 Å². The minimum atomic E-state index is -0.723. The SMILES string of the molecule is CCOC(=O)COc1ccc([C@@H]2NC(=O)NC(C)=C2C(=O)OC)cc1OC. The highest BCUT2D eigenvalue weighted by Gasteiger charge is 2.32. The molecule has 0 saturated carbocycles. The largest absolute Gasteiger partial charge is 0.493 e. The fourth-order valence-corrected chi connectivity index (χ4v) is 2.65. The number of amides is 2. The van der Waals surface area contributed by atoms with Crippen molar-refractivity contribution in [2.75, 3.05) is 27.4 Å². The van der Waals surface area contributed by atoms with Gasteiger partial charge in [-0.3, -0.25) is 0 Å². The van der Waals surface area contributed by atoms with Gasteiger partial charge >= 0.3 is 18.0 Å². The molecule has 0 bridgehead atoms. The molecule has 0 aromatic heterocycles. The molecule has 2 rings (SSSR count). The predicted molar refractivity (Wildman–Crippen MR) is 94.2 cm³/mol. The normalized spacial score (nSPS) is 16.1. The molecule has 9 heteroatoms. The molecule has 0 saturated heterocycles. The van der Waals surface area contributed by atoms with Crippen molar-refractivity contribution in [3.8, 4) is 11.5 Å². The monoisotopic (exact) mass is 378 g/mol. The third-order valence-corrected chi connectivity index (χ3v) is 3.85. The molecule has 27 heavy (non-hydrogen) atoms. The summed E-state index contributed by atoms with van der Waals surface area (Å²) in [5, 5.41) is 5.24. The van der Waals surface area contributed by atoms with E-state index in [4.69, 9.17) is 18.9 Å². The first-order valence-electron chi connectivity index (χ1n) is 8.24. The number of esters is 2. The maximum Gasteiger partial charge on any atom is 0.344 e. The summed E-state index contributed by atoms with van der Waals surface area (Å²) in [6.07, 6.45) is 0. The number of allylic oxidation sites excluding steroid dienone is 1.